The normalized spacial score (nSPS) is 15.2. The van der Waals surface area contributed by atoms with E-state index in [1.54, 1.807) is 17.2 Å². The lowest BCUT2D eigenvalue weighted by Crippen LogP contribution is -2.49. The van der Waals surface area contributed by atoms with Gasteiger partial charge < -0.3 is 24.7 Å². The van der Waals surface area contributed by atoms with Crippen LogP contribution in [0.15, 0.2) is 24.5 Å². The molecule has 1 aliphatic rings. The number of aromatic nitrogens is 2. The molecule has 1 fully saturated rings. The van der Waals surface area contributed by atoms with Gasteiger partial charge in [0.2, 0.25) is 0 Å². The molecule has 134 valence electrons. The minimum absolute atomic E-state index is 0.0424. The van der Waals surface area contributed by atoms with Gasteiger partial charge in [-0.1, -0.05) is 11.6 Å². The van der Waals surface area contributed by atoms with Crippen LogP contribution in [0.1, 0.15) is 18.5 Å². The Hall–Kier alpha value is -2.48. The number of nitrogens with one attached hydrogen (secondary N) is 2. The van der Waals surface area contributed by atoms with E-state index in [0.29, 0.717) is 37.5 Å². The Bertz CT molecular complexity index is 770. The second-order valence-corrected chi connectivity index (χ2v) is 6.34. The quantitative estimate of drug-likeness (QED) is 0.871. The highest BCUT2D eigenvalue weighted by molar-refractivity contribution is 6.30. The summed E-state index contributed by atoms with van der Waals surface area (Å²) in [7, 11) is 1.37. The first-order valence-corrected chi connectivity index (χ1v) is 8.43. The third kappa shape index (κ3) is 4.33. The first-order chi connectivity index (χ1) is 12.0. The van der Waals surface area contributed by atoms with Gasteiger partial charge in [-0.15, -0.1) is 0 Å². The number of pyridine rings is 1. The molecule has 0 atom stereocenters. The molecule has 0 aromatic carbocycles. The number of methoxy groups -OCH3 is 1. The molecule has 0 spiro atoms. The summed E-state index contributed by atoms with van der Waals surface area (Å²) in [6, 6.07) is 3.39. The van der Waals surface area contributed by atoms with E-state index >= 15 is 0 Å². The molecule has 2 N–H and O–H groups in total. The monoisotopic (exact) mass is 365 g/mol. The first kappa shape index (κ1) is 17.3. The average Bonchev–Trinajstić information content (AvgIpc) is 3.02. The number of piperidine rings is 1. The first-order valence-electron chi connectivity index (χ1n) is 8.05. The van der Waals surface area contributed by atoms with Crippen LogP contribution in [0.25, 0.3) is 5.65 Å². The van der Waals surface area contributed by atoms with Crippen molar-refractivity contribution < 1.29 is 14.3 Å². The molecule has 1 saturated heterocycles. The van der Waals surface area contributed by atoms with Gasteiger partial charge in [-0.25, -0.2) is 14.6 Å². The Morgan fingerprint density at radius 2 is 2.08 bits per heavy atom. The van der Waals surface area contributed by atoms with Crippen molar-refractivity contribution in [1.29, 1.82) is 0 Å². The zero-order chi connectivity index (χ0) is 17.8. The van der Waals surface area contributed by atoms with Crippen LogP contribution < -0.4 is 10.6 Å². The maximum atomic E-state index is 12.0. The number of hydrogen-bond acceptors (Lipinski definition) is 4. The molecule has 0 bridgehead atoms. The zero-order valence-corrected chi connectivity index (χ0v) is 14.6. The Labute approximate surface area is 150 Å². The number of halogens is 1. The maximum Gasteiger partial charge on any atom is 0.409 e. The van der Waals surface area contributed by atoms with Crippen LogP contribution in [0, 0.1) is 0 Å². The van der Waals surface area contributed by atoms with Crippen molar-refractivity contribution in [2.75, 3.05) is 20.2 Å². The molecule has 2 aromatic heterocycles. The van der Waals surface area contributed by atoms with Gasteiger partial charge in [0.05, 0.1) is 24.4 Å². The smallest absolute Gasteiger partial charge is 0.409 e. The fraction of sp³-hybridized carbons (Fsp3) is 0.438. The van der Waals surface area contributed by atoms with E-state index < -0.39 is 0 Å². The van der Waals surface area contributed by atoms with E-state index in [1.807, 2.05) is 16.7 Å². The average molecular weight is 366 g/mol. The molecular formula is C16H20ClN5O3. The predicted octanol–water partition coefficient (Wildman–Crippen LogP) is 2.02. The van der Waals surface area contributed by atoms with Gasteiger partial charge >= 0.3 is 12.1 Å². The number of ether oxygens (including phenoxy) is 1. The van der Waals surface area contributed by atoms with E-state index in [1.165, 1.54) is 7.11 Å². The number of rotatable bonds is 3. The van der Waals surface area contributed by atoms with Crippen molar-refractivity contribution >= 4 is 29.4 Å². The van der Waals surface area contributed by atoms with Crippen LogP contribution in [0.5, 0.6) is 0 Å². The van der Waals surface area contributed by atoms with Gasteiger partial charge in [0.1, 0.15) is 5.65 Å². The summed E-state index contributed by atoms with van der Waals surface area (Å²) in [5.41, 5.74) is 1.52. The number of imidazole rings is 1. The summed E-state index contributed by atoms with van der Waals surface area (Å²) in [5, 5.41) is 6.35. The molecule has 1 aliphatic heterocycles. The van der Waals surface area contributed by atoms with Crippen molar-refractivity contribution in [3.63, 3.8) is 0 Å². The van der Waals surface area contributed by atoms with Crippen molar-refractivity contribution in [2.45, 2.75) is 25.4 Å². The molecule has 0 saturated carbocycles. The van der Waals surface area contributed by atoms with Crippen molar-refractivity contribution in [2.24, 2.45) is 0 Å². The van der Waals surface area contributed by atoms with Gasteiger partial charge in [0, 0.05) is 31.5 Å². The molecule has 25 heavy (non-hydrogen) atoms. The minimum Gasteiger partial charge on any atom is -0.453 e. The number of nitrogens with zero attached hydrogens (tertiary/aromatic N) is 3. The van der Waals surface area contributed by atoms with Gasteiger partial charge in [-0.2, -0.15) is 0 Å². The number of carbonyl (C=O) groups is 2. The third-order valence-electron chi connectivity index (χ3n) is 4.16. The Morgan fingerprint density at radius 3 is 2.80 bits per heavy atom. The Morgan fingerprint density at radius 1 is 1.32 bits per heavy atom. The largest absolute Gasteiger partial charge is 0.453 e. The molecule has 2 aromatic rings. The number of carbonyl (C=O) groups excluding carboxylic acids is 2. The number of urea groups is 1. The number of fused-ring (bicyclic) bond motifs is 1. The fourth-order valence-electron chi connectivity index (χ4n) is 2.85. The lowest BCUT2D eigenvalue weighted by Gasteiger charge is -2.31. The highest BCUT2D eigenvalue weighted by Crippen LogP contribution is 2.12. The van der Waals surface area contributed by atoms with Crippen LogP contribution in [0.4, 0.5) is 9.59 Å². The van der Waals surface area contributed by atoms with Crippen LogP contribution in [-0.2, 0) is 11.3 Å². The van der Waals surface area contributed by atoms with Crippen LogP contribution in [-0.4, -0.2) is 52.7 Å². The number of hydrogen-bond donors (Lipinski definition) is 2. The number of likely N-dealkylation sites (tertiary alicyclic amines) is 1. The standard InChI is InChI=1S/C16H20ClN5O3/c1-25-16(24)21-6-4-12(5-7-21)20-15(23)18-8-13-10-22-9-11(17)2-3-14(22)19-13/h2-3,9-10,12H,4-8H2,1H3,(H2,18,20,23). The third-order valence-corrected chi connectivity index (χ3v) is 4.38. The van der Waals surface area contributed by atoms with Gasteiger partial charge in [-0.05, 0) is 25.0 Å². The molecule has 9 heteroatoms. The summed E-state index contributed by atoms with van der Waals surface area (Å²) >= 11 is 5.94. The highest BCUT2D eigenvalue weighted by atomic mass is 35.5. The fourth-order valence-corrected chi connectivity index (χ4v) is 3.01. The molecule has 8 nitrogen and oxygen atoms in total. The summed E-state index contributed by atoms with van der Waals surface area (Å²) < 4.78 is 6.52. The molecule has 0 unspecified atom stereocenters. The molecular weight excluding hydrogens is 346 g/mol. The van der Waals surface area contributed by atoms with E-state index in [0.717, 1.165) is 11.3 Å². The topological polar surface area (TPSA) is 88.0 Å². The Kier molecular flexibility index (Phi) is 5.28. The zero-order valence-electron chi connectivity index (χ0n) is 13.9. The minimum atomic E-state index is -0.324. The van der Waals surface area contributed by atoms with Gasteiger partial charge in [-0.3, -0.25) is 0 Å². The lowest BCUT2D eigenvalue weighted by molar-refractivity contribution is 0.110. The second-order valence-electron chi connectivity index (χ2n) is 5.90. The van der Waals surface area contributed by atoms with Gasteiger partial charge in [0.25, 0.3) is 0 Å². The second kappa shape index (κ2) is 7.60. The summed E-state index contributed by atoms with van der Waals surface area (Å²) in [6.45, 7) is 1.47. The molecule has 0 aliphatic carbocycles. The predicted molar refractivity (Wildman–Crippen MR) is 92.6 cm³/mol. The van der Waals surface area contributed by atoms with Crippen molar-refractivity contribution in [3.05, 3.63) is 35.2 Å². The maximum absolute atomic E-state index is 12.0. The summed E-state index contributed by atoms with van der Waals surface area (Å²) in [6.07, 6.45) is 4.68. The van der Waals surface area contributed by atoms with Crippen LogP contribution >= 0.6 is 11.6 Å². The lowest BCUT2D eigenvalue weighted by atomic mass is 10.1. The summed E-state index contributed by atoms with van der Waals surface area (Å²) in [5.74, 6) is 0. The van der Waals surface area contributed by atoms with Crippen molar-refractivity contribution in [1.82, 2.24) is 24.9 Å². The van der Waals surface area contributed by atoms with E-state index in [4.69, 9.17) is 16.3 Å². The molecule has 0 radical (unpaired) electrons. The highest BCUT2D eigenvalue weighted by Gasteiger charge is 2.24. The van der Waals surface area contributed by atoms with E-state index in [2.05, 4.69) is 15.6 Å². The van der Waals surface area contributed by atoms with Crippen molar-refractivity contribution in [3.8, 4) is 0 Å². The van der Waals surface area contributed by atoms with E-state index in [9.17, 15) is 9.59 Å². The van der Waals surface area contributed by atoms with Crippen LogP contribution in [0.3, 0.4) is 0 Å². The summed E-state index contributed by atoms with van der Waals surface area (Å²) in [4.78, 5) is 29.5. The Balaban J connectivity index is 1.45. The number of amides is 3. The van der Waals surface area contributed by atoms with Crippen LogP contribution in [0.2, 0.25) is 5.02 Å². The molecule has 3 amide bonds. The van der Waals surface area contributed by atoms with E-state index in [-0.39, 0.29) is 18.2 Å². The molecule has 3 heterocycles. The SMILES string of the molecule is COC(=O)N1CCC(NC(=O)NCc2cn3cc(Cl)ccc3n2)CC1. The molecule has 3 rings (SSSR count). The van der Waals surface area contributed by atoms with Gasteiger partial charge in [0.15, 0.2) is 0 Å².